The van der Waals surface area contributed by atoms with Crippen LogP contribution in [-0.2, 0) is 11.2 Å². The van der Waals surface area contributed by atoms with Gasteiger partial charge in [0.15, 0.2) is 17.3 Å². The maximum atomic E-state index is 13.2. The van der Waals surface area contributed by atoms with Crippen LogP contribution < -0.4 is 5.32 Å². The highest BCUT2D eigenvalue weighted by Crippen LogP contribution is 2.30. The van der Waals surface area contributed by atoms with Crippen LogP contribution >= 0.6 is 0 Å². The summed E-state index contributed by atoms with van der Waals surface area (Å²) in [7, 11) is 0. The van der Waals surface area contributed by atoms with Gasteiger partial charge >= 0.3 is 0 Å². The lowest BCUT2D eigenvalue weighted by Crippen LogP contribution is -2.29. The Morgan fingerprint density at radius 3 is 2.03 bits per heavy atom. The molecule has 0 fully saturated rings. The normalized spacial score (nSPS) is 12.7. The first-order valence-electron chi connectivity index (χ1n) is 11.0. The van der Waals surface area contributed by atoms with Crippen molar-refractivity contribution in [3.8, 4) is 0 Å². The first-order valence-corrected chi connectivity index (χ1v) is 11.0. The van der Waals surface area contributed by atoms with E-state index in [1.54, 1.807) is 66.7 Å². The summed E-state index contributed by atoms with van der Waals surface area (Å²) >= 11 is 0. The molecule has 0 atom stereocenters. The van der Waals surface area contributed by atoms with E-state index in [1.165, 1.54) is 0 Å². The minimum atomic E-state index is -0.469. The van der Waals surface area contributed by atoms with Crippen molar-refractivity contribution < 1.29 is 19.2 Å². The van der Waals surface area contributed by atoms with Gasteiger partial charge < -0.3 is 5.32 Å². The van der Waals surface area contributed by atoms with Gasteiger partial charge in [-0.1, -0.05) is 75.4 Å². The van der Waals surface area contributed by atoms with Crippen molar-refractivity contribution in [2.45, 2.75) is 33.6 Å². The number of benzene rings is 3. The van der Waals surface area contributed by atoms with Crippen LogP contribution in [0.2, 0.25) is 0 Å². The van der Waals surface area contributed by atoms with Gasteiger partial charge in [-0.15, -0.1) is 0 Å². The van der Waals surface area contributed by atoms with E-state index in [4.69, 9.17) is 0 Å². The number of fused-ring (bicyclic) bond motifs is 2. The van der Waals surface area contributed by atoms with Gasteiger partial charge in [0.2, 0.25) is 5.91 Å². The molecule has 0 spiro atoms. The fourth-order valence-corrected chi connectivity index (χ4v) is 3.82. The van der Waals surface area contributed by atoms with Gasteiger partial charge in [-0.05, 0) is 24.1 Å². The molecule has 4 rings (SSSR count). The zero-order chi connectivity index (χ0) is 23.8. The number of ketones is 3. The Morgan fingerprint density at radius 1 is 0.788 bits per heavy atom. The molecule has 0 aliphatic heterocycles. The summed E-state index contributed by atoms with van der Waals surface area (Å²) in [6.45, 7) is 5.74. The average molecular weight is 440 g/mol. The quantitative estimate of drug-likeness (QED) is 0.416. The number of amides is 1. The monoisotopic (exact) mass is 439 g/mol. The largest absolute Gasteiger partial charge is 0.326 e. The zero-order valence-electron chi connectivity index (χ0n) is 18.9. The van der Waals surface area contributed by atoms with Gasteiger partial charge in [-0.2, -0.15) is 0 Å². The molecule has 0 aromatic heterocycles. The van der Waals surface area contributed by atoms with Crippen LogP contribution in [0.4, 0.5) is 5.69 Å². The van der Waals surface area contributed by atoms with Gasteiger partial charge in [0, 0.05) is 45.3 Å². The minimum absolute atomic E-state index is 0.0619. The van der Waals surface area contributed by atoms with Crippen LogP contribution in [0.1, 0.15) is 75.0 Å². The first-order chi connectivity index (χ1) is 15.7. The van der Waals surface area contributed by atoms with E-state index < -0.39 is 5.41 Å². The number of anilines is 1. The summed E-state index contributed by atoms with van der Waals surface area (Å²) in [5.41, 5.74) is 2.32. The second-order valence-corrected chi connectivity index (χ2v) is 8.92. The molecule has 0 saturated carbocycles. The highest BCUT2D eigenvalue weighted by atomic mass is 16.2. The Morgan fingerprint density at radius 2 is 1.39 bits per heavy atom. The second-order valence-electron chi connectivity index (χ2n) is 8.92. The number of nitrogens with one attached hydrogen (secondary N) is 1. The molecule has 0 radical (unpaired) electrons. The Labute approximate surface area is 192 Å². The molecule has 0 saturated heterocycles. The van der Waals surface area contributed by atoms with Crippen LogP contribution in [0, 0.1) is 5.41 Å². The molecular weight excluding hydrogens is 414 g/mol. The van der Waals surface area contributed by atoms with E-state index in [-0.39, 0.29) is 46.4 Å². The van der Waals surface area contributed by atoms with Gasteiger partial charge in [0.1, 0.15) is 0 Å². The maximum Gasteiger partial charge on any atom is 0.230 e. The third kappa shape index (κ3) is 4.14. The third-order valence-electron chi connectivity index (χ3n) is 6.33. The van der Waals surface area contributed by atoms with Gasteiger partial charge in [0.25, 0.3) is 0 Å². The molecule has 1 aliphatic carbocycles. The van der Waals surface area contributed by atoms with Crippen LogP contribution in [0.25, 0.3) is 0 Å². The van der Waals surface area contributed by atoms with Gasteiger partial charge in [-0.3, -0.25) is 19.2 Å². The number of carbonyl (C=O) groups excluding carboxylic acids is 4. The van der Waals surface area contributed by atoms with E-state index in [1.807, 2.05) is 20.8 Å². The van der Waals surface area contributed by atoms with Crippen molar-refractivity contribution >= 4 is 28.9 Å². The summed E-state index contributed by atoms with van der Waals surface area (Å²) in [5, 5.41) is 2.90. The van der Waals surface area contributed by atoms with E-state index in [0.29, 0.717) is 16.8 Å². The highest BCUT2D eigenvalue weighted by molar-refractivity contribution is 6.30. The predicted octanol–water partition coefficient (Wildman–Crippen LogP) is 5.26. The van der Waals surface area contributed by atoms with Crippen molar-refractivity contribution in [1.82, 2.24) is 0 Å². The van der Waals surface area contributed by atoms with Crippen molar-refractivity contribution in [1.29, 1.82) is 0 Å². The molecule has 0 bridgehead atoms. The van der Waals surface area contributed by atoms with Crippen molar-refractivity contribution in [3.63, 3.8) is 0 Å². The third-order valence-corrected chi connectivity index (χ3v) is 6.33. The number of Topliss-reactive ketones (excluding diaryl/α,β-unsaturated/α-hetero) is 1. The summed E-state index contributed by atoms with van der Waals surface area (Å²) in [6, 6.07) is 18.6. The number of carbonyl (C=O) groups is 4. The molecule has 33 heavy (non-hydrogen) atoms. The Kier molecular flexibility index (Phi) is 5.81. The lowest BCUT2D eigenvalue weighted by molar-refractivity contribution is -0.124. The summed E-state index contributed by atoms with van der Waals surface area (Å²) in [4.78, 5) is 51.6. The molecule has 1 aliphatic rings. The van der Waals surface area contributed by atoms with Crippen molar-refractivity contribution in [2.24, 2.45) is 5.41 Å². The Bertz CT molecular complexity index is 1290. The molecule has 1 N–H and O–H groups in total. The maximum absolute atomic E-state index is 13.2. The van der Waals surface area contributed by atoms with Crippen molar-refractivity contribution in [2.75, 3.05) is 5.32 Å². The smallest absolute Gasteiger partial charge is 0.230 e. The zero-order valence-corrected chi connectivity index (χ0v) is 18.9. The molecule has 3 aromatic carbocycles. The highest BCUT2D eigenvalue weighted by Gasteiger charge is 2.32. The second kappa shape index (κ2) is 8.58. The standard InChI is InChI=1S/C28H25NO4/c1-4-28(2,3)27(33)29-18-14-12-17(13-15-18)16-23(30)21-10-7-11-22-24(21)26(32)20-9-6-5-8-19(20)25(22)31/h5-15H,4,16H2,1-3H3,(H,29,33). The molecular formula is C28H25NO4. The lowest BCUT2D eigenvalue weighted by atomic mass is 9.80. The minimum Gasteiger partial charge on any atom is -0.326 e. The summed E-state index contributed by atoms with van der Waals surface area (Å²) in [6.07, 6.45) is 0.798. The van der Waals surface area contributed by atoms with E-state index in [9.17, 15) is 19.2 Å². The lowest BCUT2D eigenvalue weighted by Gasteiger charge is -2.21. The van der Waals surface area contributed by atoms with E-state index >= 15 is 0 Å². The molecule has 5 heteroatoms. The SMILES string of the molecule is CCC(C)(C)C(=O)Nc1ccc(CC(=O)c2cccc3c2C(=O)c2ccccc2C3=O)cc1. The fourth-order valence-electron chi connectivity index (χ4n) is 3.82. The molecule has 1 amide bonds. The van der Waals surface area contributed by atoms with Crippen molar-refractivity contribution in [3.05, 3.63) is 100 Å². The van der Waals surface area contributed by atoms with Gasteiger partial charge in [0.05, 0.1) is 0 Å². The molecule has 5 nitrogen and oxygen atoms in total. The van der Waals surface area contributed by atoms with Crippen LogP contribution in [0.15, 0.2) is 66.7 Å². The van der Waals surface area contributed by atoms with Crippen LogP contribution in [-0.4, -0.2) is 23.3 Å². The Balaban J connectivity index is 1.57. The summed E-state index contributed by atoms with van der Waals surface area (Å²) in [5.74, 6) is -0.852. The van der Waals surface area contributed by atoms with E-state index in [0.717, 1.165) is 12.0 Å². The van der Waals surface area contributed by atoms with Crippen LogP contribution in [0.5, 0.6) is 0 Å². The predicted molar refractivity (Wildman–Crippen MR) is 127 cm³/mol. The first kappa shape index (κ1) is 22.3. The molecule has 3 aromatic rings. The summed E-state index contributed by atoms with van der Waals surface area (Å²) < 4.78 is 0. The van der Waals surface area contributed by atoms with Crippen LogP contribution in [0.3, 0.4) is 0 Å². The van der Waals surface area contributed by atoms with Gasteiger partial charge in [-0.25, -0.2) is 0 Å². The number of rotatable bonds is 6. The average Bonchev–Trinajstić information content (AvgIpc) is 2.83. The Hall–Kier alpha value is -3.86. The fraction of sp³-hybridized carbons (Fsp3) is 0.214. The topological polar surface area (TPSA) is 80.3 Å². The molecule has 0 heterocycles. The molecule has 0 unspecified atom stereocenters. The number of hydrogen-bond donors (Lipinski definition) is 1. The number of hydrogen-bond acceptors (Lipinski definition) is 4. The molecule has 166 valence electrons. The van der Waals surface area contributed by atoms with E-state index in [2.05, 4.69) is 5.32 Å².